The van der Waals surface area contributed by atoms with Crippen LogP contribution in [0.15, 0.2) is 41.8 Å². The molecular weight excluding hydrogens is 362 g/mol. The molecule has 0 saturated carbocycles. The Balaban J connectivity index is 1.59. The Morgan fingerprint density at radius 3 is 2.79 bits per heavy atom. The van der Waals surface area contributed by atoms with Gasteiger partial charge in [-0.05, 0) is 25.2 Å². The van der Waals surface area contributed by atoms with Gasteiger partial charge < -0.3 is 15.0 Å². The molecule has 0 bridgehead atoms. The highest BCUT2D eigenvalue weighted by atomic mass is 16.5. The lowest BCUT2D eigenvalue weighted by Gasteiger charge is -2.32. The minimum absolute atomic E-state index is 0.300. The summed E-state index contributed by atoms with van der Waals surface area (Å²) in [4.78, 5) is 33.4. The molecule has 11 heteroatoms. The number of nitrogens with zero attached hydrogens (tertiary/aromatic N) is 8. The van der Waals surface area contributed by atoms with Crippen LogP contribution in [0.1, 0.15) is 0 Å². The zero-order chi connectivity index (χ0) is 19.5. The molecule has 1 aromatic rings. The monoisotopic (exact) mass is 381 g/mol. The number of hydrogen-bond acceptors (Lipinski definition) is 8. The van der Waals surface area contributed by atoms with Gasteiger partial charge in [-0.1, -0.05) is 9.94 Å². The normalized spacial score (nSPS) is 15.8. The fourth-order valence-electron chi connectivity index (χ4n) is 2.86. The van der Waals surface area contributed by atoms with Gasteiger partial charge in [-0.3, -0.25) is 10.3 Å². The molecule has 0 unspecified atom stereocenters. The summed E-state index contributed by atoms with van der Waals surface area (Å²) < 4.78 is 0. The van der Waals surface area contributed by atoms with E-state index < -0.39 is 6.03 Å². The summed E-state index contributed by atoms with van der Waals surface area (Å²) in [6, 6.07) is 4.29. The van der Waals surface area contributed by atoms with Gasteiger partial charge in [0.15, 0.2) is 5.82 Å². The number of benzene rings is 1. The SMILES string of the molecule is CN1CCN(c2nc3ccc(=NC(=O)Nc4cnccn4)cc-3n(O)n2)CC1. The lowest BCUT2D eigenvalue weighted by atomic mass is 10.2. The summed E-state index contributed by atoms with van der Waals surface area (Å²) in [7, 11) is 2.07. The third-order valence-electron chi connectivity index (χ3n) is 4.39. The van der Waals surface area contributed by atoms with Gasteiger partial charge >= 0.3 is 6.03 Å². The Morgan fingerprint density at radius 2 is 2.04 bits per heavy atom. The summed E-state index contributed by atoms with van der Waals surface area (Å²) in [5, 5.41) is 17.3. The van der Waals surface area contributed by atoms with E-state index in [2.05, 4.69) is 42.3 Å². The summed E-state index contributed by atoms with van der Waals surface area (Å²) >= 11 is 0. The van der Waals surface area contributed by atoms with Gasteiger partial charge in [-0.15, -0.1) is 0 Å². The van der Waals surface area contributed by atoms with E-state index >= 15 is 0 Å². The highest BCUT2D eigenvalue weighted by Crippen LogP contribution is 2.19. The first-order chi connectivity index (χ1) is 13.6. The van der Waals surface area contributed by atoms with Gasteiger partial charge in [0.1, 0.15) is 5.69 Å². The van der Waals surface area contributed by atoms with Gasteiger partial charge in [0.05, 0.1) is 17.2 Å². The van der Waals surface area contributed by atoms with E-state index in [1.54, 1.807) is 18.2 Å². The molecule has 1 saturated heterocycles. The largest absolute Gasteiger partial charge is 0.411 e. The Labute approximate surface area is 160 Å². The molecule has 0 aromatic carbocycles. The van der Waals surface area contributed by atoms with Crippen molar-refractivity contribution in [3.8, 4) is 11.4 Å². The van der Waals surface area contributed by atoms with E-state index in [0.29, 0.717) is 28.5 Å². The van der Waals surface area contributed by atoms with E-state index in [1.165, 1.54) is 18.6 Å². The fraction of sp³-hybridized carbons (Fsp3) is 0.294. The van der Waals surface area contributed by atoms with E-state index in [-0.39, 0.29) is 0 Å². The van der Waals surface area contributed by atoms with Crippen molar-refractivity contribution in [3.05, 3.63) is 42.1 Å². The van der Waals surface area contributed by atoms with Gasteiger partial charge in [-0.25, -0.2) is 14.8 Å². The summed E-state index contributed by atoms with van der Waals surface area (Å²) in [6.45, 7) is 3.40. The van der Waals surface area contributed by atoms with Crippen molar-refractivity contribution in [1.82, 2.24) is 29.8 Å². The number of aromatic nitrogens is 5. The molecule has 3 aliphatic rings. The Hall–Kier alpha value is -3.60. The van der Waals surface area contributed by atoms with Crippen LogP contribution in [0.25, 0.3) is 11.4 Å². The van der Waals surface area contributed by atoms with Crippen LogP contribution in [0.2, 0.25) is 0 Å². The number of amides is 2. The first-order valence-electron chi connectivity index (χ1n) is 8.74. The second-order valence-corrected chi connectivity index (χ2v) is 6.40. The molecule has 2 N–H and O–H groups in total. The zero-order valence-electron chi connectivity index (χ0n) is 15.2. The molecule has 2 amide bonds. The van der Waals surface area contributed by atoms with Crippen LogP contribution in [-0.2, 0) is 0 Å². The number of nitrogens with one attached hydrogen (secondary N) is 1. The second kappa shape index (κ2) is 7.56. The molecule has 0 radical (unpaired) electrons. The Morgan fingerprint density at radius 1 is 1.21 bits per heavy atom. The van der Waals surface area contributed by atoms with Crippen molar-refractivity contribution in [2.75, 3.05) is 43.4 Å². The maximum absolute atomic E-state index is 12.0. The standard InChI is InChI=1S/C17H19N9O2/c1-24-6-8-25(9-7-24)16-21-13-3-2-12(10-14(13)26(28)23-16)20-17(27)22-15-11-18-4-5-19-15/h2-5,10-11,28H,6-9H2,1H3,(H,19,22,27). The molecule has 2 aliphatic heterocycles. The lowest BCUT2D eigenvalue weighted by Crippen LogP contribution is -2.45. The minimum Gasteiger partial charge on any atom is -0.411 e. The number of piperazine rings is 1. The van der Waals surface area contributed by atoms with Crippen LogP contribution in [0.4, 0.5) is 16.6 Å². The quantitative estimate of drug-likeness (QED) is 0.607. The zero-order valence-corrected chi connectivity index (χ0v) is 15.2. The first kappa shape index (κ1) is 17.8. The van der Waals surface area contributed by atoms with Crippen LogP contribution in [0.3, 0.4) is 0 Å². The van der Waals surface area contributed by atoms with E-state index in [1.807, 2.05) is 4.90 Å². The number of fused-ring (bicyclic) bond motifs is 1. The minimum atomic E-state index is -0.598. The third-order valence-corrected chi connectivity index (χ3v) is 4.39. The van der Waals surface area contributed by atoms with Crippen LogP contribution >= 0.6 is 0 Å². The molecule has 28 heavy (non-hydrogen) atoms. The molecule has 3 heterocycles. The Kier molecular flexibility index (Phi) is 4.81. The number of anilines is 2. The summed E-state index contributed by atoms with van der Waals surface area (Å²) in [6.07, 6.45) is 4.39. The van der Waals surface area contributed by atoms with Crippen LogP contribution < -0.4 is 15.6 Å². The predicted octanol–water partition coefficient (Wildman–Crippen LogP) is 0.295. The first-order valence-corrected chi connectivity index (χ1v) is 8.74. The average molecular weight is 381 g/mol. The smallest absolute Gasteiger partial charge is 0.347 e. The fourth-order valence-corrected chi connectivity index (χ4v) is 2.86. The van der Waals surface area contributed by atoms with E-state index in [0.717, 1.165) is 31.0 Å². The summed E-state index contributed by atoms with van der Waals surface area (Å²) in [5.41, 5.74) is 0.908. The predicted molar refractivity (Wildman–Crippen MR) is 100 cm³/mol. The highest BCUT2D eigenvalue weighted by Gasteiger charge is 2.20. The van der Waals surface area contributed by atoms with Gasteiger partial charge in [-0.2, -0.15) is 4.99 Å². The van der Waals surface area contributed by atoms with Crippen molar-refractivity contribution >= 4 is 17.8 Å². The highest BCUT2D eigenvalue weighted by molar-refractivity contribution is 5.88. The van der Waals surface area contributed by atoms with Crippen LogP contribution in [0, 0.1) is 0 Å². The number of carbonyl (C=O) groups is 1. The molecule has 1 aliphatic carbocycles. The lowest BCUT2D eigenvalue weighted by molar-refractivity contribution is 0.147. The average Bonchev–Trinajstić information content (AvgIpc) is 2.69. The molecule has 0 spiro atoms. The van der Waals surface area contributed by atoms with Crippen molar-refractivity contribution in [2.45, 2.75) is 0 Å². The number of rotatable bonds is 2. The number of carbonyl (C=O) groups excluding carboxylic acids is 1. The number of urea groups is 1. The third kappa shape index (κ3) is 3.88. The molecule has 144 valence electrons. The van der Waals surface area contributed by atoms with Gasteiger partial charge in [0.25, 0.3) is 0 Å². The molecule has 1 aromatic heterocycles. The molecule has 1 fully saturated rings. The van der Waals surface area contributed by atoms with Crippen LogP contribution in [-0.4, -0.2) is 74.3 Å². The maximum Gasteiger partial charge on any atom is 0.347 e. The van der Waals surface area contributed by atoms with Crippen molar-refractivity contribution < 1.29 is 10.0 Å². The topological polar surface area (TPSA) is 125 Å². The van der Waals surface area contributed by atoms with E-state index in [4.69, 9.17) is 0 Å². The molecule has 11 nitrogen and oxygen atoms in total. The van der Waals surface area contributed by atoms with Crippen LogP contribution in [0.5, 0.6) is 0 Å². The molecule has 4 rings (SSSR count). The van der Waals surface area contributed by atoms with Gasteiger partial charge in [0.2, 0.25) is 5.95 Å². The second-order valence-electron chi connectivity index (χ2n) is 6.40. The molecule has 0 atom stereocenters. The van der Waals surface area contributed by atoms with Crippen molar-refractivity contribution in [3.63, 3.8) is 0 Å². The van der Waals surface area contributed by atoms with E-state index in [9.17, 15) is 10.0 Å². The Bertz CT molecular complexity index is 1010. The number of likely N-dealkylation sites (N-methyl/N-ethyl adjacent to an activating group) is 1. The van der Waals surface area contributed by atoms with Crippen molar-refractivity contribution in [2.24, 2.45) is 4.99 Å². The maximum atomic E-state index is 12.0. The van der Waals surface area contributed by atoms with Gasteiger partial charge in [0, 0.05) is 38.6 Å². The molecular formula is C17H19N9O2. The van der Waals surface area contributed by atoms with Crippen molar-refractivity contribution in [1.29, 1.82) is 0 Å². The summed E-state index contributed by atoms with van der Waals surface area (Å²) in [5.74, 6) is 0.766. The number of hydrogen-bond donors (Lipinski definition) is 2.